The van der Waals surface area contributed by atoms with E-state index in [2.05, 4.69) is 0 Å². The minimum absolute atomic E-state index is 0.387. The zero-order valence-electron chi connectivity index (χ0n) is 16.9. The van der Waals surface area contributed by atoms with Gasteiger partial charge in [0.05, 0.1) is 0 Å². The molecule has 0 atom stereocenters. The van der Waals surface area contributed by atoms with Gasteiger partial charge in [-0.25, -0.2) is 0 Å². The van der Waals surface area contributed by atoms with Crippen LogP contribution in [0.25, 0.3) is 24.3 Å². The normalized spacial score (nSPS) is 11.0. The fourth-order valence-electron chi connectivity index (χ4n) is 2.84. The molecule has 0 aliphatic carbocycles. The third-order valence-electron chi connectivity index (χ3n) is 4.16. The van der Waals surface area contributed by atoms with Crippen molar-refractivity contribution in [1.29, 1.82) is 0 Å². The molecule has 0 N–H and O–H groups in total. The van der Waals surface area contributed by atoms with Gasteiger partial charge in [0.2, 0.25) is 0 Å². The Labute approximate surface area is 176 Å². The van der Waals surface area contributed by atoms with E-state index in [1.165, 1.54) is 13.8 Å². The summed E-state index contributed by atoms with van der Waals surface area (Å²) in [6, 6.07) is 22.9. The van der Waals surface area contributed by atoms with Crippen molar-refractivity contribution in [1.82, 2.24) is 0 Å². The molecule has 3 aromatic rings. The van der Waals surface area contributed by atoms with Gasteiger partial charge in [-0.2, -0.15) is 0 Å². The Kier molecular flexibility index (Phi) is 6.95. The highest BCUT2D eigenvalue weighted by atomic mass is 16.5. The van der Waals surface area contributed by atoms with Crippen LogP contribution in [0.3, 0.4) is 0 Å². The van der Waals surface area contributed by atoms with E-state index in [1.54, 1.807) is 12.1 Å². The van der Waals surface area contributed by atoms with Crippen LogP contribution in [0.1, 0.15) is 36.1 Å². The Hall–Kier alpha value is -3.92. The van der Waals surface area contributed by atoms with Gasteiger partial charge in [-0.1, -0.05) is 85.0 Å². The zero-order chi connectivity index (χ0) is 21.3. The molecule has 4 heteroatoms. The molecule has 30 heavy (non-hydrogen) atoms. The second-order valence-electron chi connectivity index (χ2n) is 6.60. The molecule has 0 aliphatic rings. The molecule has 0 aliphatic heterocycles. The van der Waals surface area contributed by atoms with Crippen LogP contribution < -0.4 is 9.47 Å². The van der Waals surface area contributed by atoms with Crippen LogP contribution in [0.5, 0.6) is 11.5 Å². The molecule has 0 bridgehead atoms. The van der Waals surface area contributed by atoms with Crippen molar-refractivity contribution in [2.24, 2.45) is 0 Å². The molecule has 3 rings (SSSR count). The molecule has 0 unspecified atom stereocenters. The van der Waals surface area contributed by atoms with Gasteiger partial charge >= 0.3 is 11.9 Å². The minimum Gasteiger partial charge on any atom is -0.426 e. The van der Waals surface area contributed by atoms with Crippen LogP contribution in [-0.4, -0.2) is 11.9 Å². The summed E-state index contributed by atoms with van der Waals surface area (Å²) in [5, 5.41) is 0. The Morgan fingerprint density at radius 2 is 0.967 bits per heavy atom. The van der Waals surface area contributed by atoms with Crippen molar-refractivity contribution in [2.75, 3.05) is 0 Å². The van der Waals surface area contributed by atoms with Crippen molar-refractivity contribution in [3.8, 4) is 11.5 Å². The molecule has 0 radical (unpaired) electrons. The van der Waals surface area contributed by atoms with Crippen LogP contribution >= 0.6 is 0 Å². The van der Waals surface area contributed by atoms with Crippen LogP contribution in [-0.2, 0) is 9.59 Å². The third kappa shape index (κ3) is 6.04. The monoisotopic (exact) mass is 398 g/mol. The molecule has 0 saturated heterocycles. The smallest absolute Gasteiger partial charge is 0.308 e. The number of carbonyl (C=O) groups excluding carboxylic acids is 2. The van der Waals surface area contributed by atoms with Gasteiger partial charge in [0.15, 0.2) is 0 Å². The van der Waals surface area contributed by atoms with Gasteiger partial charge in [-0.05, 0) is 23.3 Å². The molecule has 0 fully saturated rings. The van der Waals surface area contributed by atoms with Crippen molar-refractivity contribution >= 4 is 36.2 Å². The van der Waals surface area contributed by atoms with E-state index in [0.29, 0.717) is 22.6 Å². The molecule has 3 aromatic carbocycles. The van der Waals surface area contributed by atoms with E-state index < -0.39 is 11.9 Å². The lowest BCUT2D eigenvalue weighted by Gasteiger charge is -2.12. The summed E-state index contributed by atoms with van der Waals surface area (Å²) in [6.07, 6.45) is 7.45. The van der Waals surface area contributed by atoms with Crippen LogP contribution in [0.2, 0.25) is 0 Å². The lowest BCUT2D eigenvalue weighted by atomic mass is 10.1. The Morgan fingerprint density at radius 1 is 0.600 bits per heavy atom. The predicted molar refractivity (Wildman–Crippen MR) is 120 cm³/mol. The first kappa shape index (κ1) is 20.8. The lowest BCUT2D eigenvalue weighted by Crippen LogP contribution is -2.06. The first-order valence-corrected chi connectivity index (χ1v) is 9.52. The number of benzene rings is 3. The molecule has 0 spiro atoms. The fourth-order valence-corrected chi connectivity index (χ4v) is 2.84. The van der Waals surface area contributed by atoms with Gasteiger partial charge in [-0.3, -0.25) is 9.59 Å². The minimum atomic E-state index is -0.428. The average Bonchev–Trinajstić information content (AvgIpc) is 2.73. The summed E-state index contributed by atoms with van der Waals surface area (Å²) in [6.45, 7) is 2.70. The zero-order valence-corrected chi connectivity index (χ0v) is 16.9. The molecule has 150 valence electrons. The van der Waals surface area contributed by atoms with E-state index in [9.17, 15) is 9.59 Å². The number of hydrogen-bond acceptors (Lipinski definition) is 4. The largest absolute Gasteiger partial charge is 0.426 e. The van der Waals surface area contributed by atoms with E-state index in [0.717, 1.165) is 11.1 Å². The summed E-state index contributed by atoms with van der Waals surface area (Å²) < 4.78 is 10.8. The van der Waals surface area contributed by atoms with Crippen LogP contribution in [0.15, 0.2) is 72.8 Å². The van der Waals surface area contributed by atoms with Gasteiger partial charge in [0.25, 0.3) is 0 Å². The highest BCUT2D eigenvalue weighted by Crippen LogP contribution is 2.32. The van der Waals surface area contributed by atoms with Crippen molar-refractivity contribution in [3.63, 3.8) is 0 Å². The van der Waals surface area contributed by atoms with E-state index in [1.807, 2.05) is 85.0 Å². The molecule has 4 nitrogen and oxygen atoms in total. The lowest BCUT2D eigenvalue weighted by molar-refractivity contribution is -0.133. The number of ether oxygens (including phenoxy) is 2. The van der Waals surface area contributed by atoms with Crippen LogP contribution in [0.4, 0.5) is 0 Å². The standard InChI is InChI=1S/C26H22O4/c1-19(27)29-25-17-24(16-14-22-11-7-4-8-12-22)26(30-20(2)28)18-23(25)15-13-21-9-5-3-6-10-21/h3-18H,1-2H3/b15-13-,16-14-. The Morgan fingerprint density at radius 3 is 1.30 bits per heavy atom. The average molecular weight is 398 g/mol. The number of hydrogen-bond donors (Lipinski definition) is 0. The summed E-state index contributed by atoms with van der Waals surface area (Å²) >= 11 is 0. The summed E-state index contributed by atoms with van der Waals surface area (Å²) in [7, 11) is 0. The quantitative estimate of drug-likeness (QED) is 0.296. The fraction of sp³-hybridized carbons (Fsp3) is 0.0769. The van der Waals surface area contributed by atoms with Gasteiger partial charge in [0, 0.05) is 25.0 Å². The highest BCUT2D eigenvalue weighted by molar-refractivity contribution is 5.82. The second-order valence-corrected chi connectivity index (χ2v) is 6.60. The first-order chi connectivity index (χ1) is 14.5. The van der Waals surface area contributed by atoms with E-state index in [4.69, 9.17) is 9.47 Å². The van der Waals surface area contributed by atoms with E-state index in [-0.39, 0.29) is 0 Å². The maximum absolute atomic E-state index is 11.6. The van der Waals surface area contributed by atoms with Crippen LogP contribution in [0, 0.1) is 0 Å². The van der Waals surface area contributed by atoms with Crippen molar-refractivity contribution in [3.05, 3.63) is 95.1 Å². The first-order valence-electron chi connectivity index (χ1n) is 9.52. The SMILES string of the molecule is CC(=O)Oc1cc(/C=C\c2ccccc2)c(OC(C)=O)cc1/C=C\c1ccccc1. The van der Waals surface area contributed by atoms with Gasteiger partial charge in [0.1, 0.15) is 11.5 Å². The van der Waals surface area contributed by atoms with Gasteiger partial charge < -0.3 is 9.47 Å². The van der Waals surface area contributed by atoms with Crippen molar-refractivity contribution < 1.29 is 19.1 Å². The molecular formula is C26H22O4. The Bertz CT molecular complexity index is 992. The summed E-state index contributed by atoms with van der Waals surface area (Å²) in [5.41, 5.74) is 3.24. The highest BCUT2D eigenvalue weighted by Gasteiger charge is 2.12. The molecular weight excluding hydrogens is 376 g/mol. The Balaban J connectivity index is 2.05. The van der Waals surface area contributed by atoms with E-state index >= 15 is 0 Å². The number of esters is 2. The van der Waals surface area contributed by atoms with Crippen molar-refractivity contribution in [2.45, 2.75) is 13.8 Å². The second kappa shape index (κ2) is 10.0. The number of rotatable bonds is 6. The molecule has 0 amide bonds. The maximum Gasteiger partial charge on any atom is 0.308 e. The maximum atomic E-state index is 11.6. The summed E-state index contributed by atoms with van der Waals surface area (Å²) in [4.78, 5) is 23.3. The summed E-state index contributed by atoms with van der Waals surface area (Å²) in [5.74, 6) is -0.0817. The topological polar surface area (TPSA) is 52.6 Å². The number of carbonyl (C=O) groups is 2. The molecule has 0 saturated carbocycles. The molecule has 0 aromatic heterocycles. The predicted octanol–water partition coefficient (Wildman–Crippen LogP) is 5.88. The van der Waals surface area contributed by atoms with Gasteiger partial charge in [-0.15, -0.1) is 0 Å². The third-order valence-corrected chi connectivity index (χ3v) is 4.16. The molecule has 0 heterocycles.